The lowest BCUT2D eigenvalue weighted by Crippen LogP contribution is -2.48. The molecule has 3 saturated carbocycles. The number of anilines is 2. The Hall–Kier alpha value is -2.12. The van der Waals surface area contributed by atoms with Gasteiger partial charge < -0.3 is 10.1 Å². The second kappa shape index (κ2) is 6.71. The van der Waals surface area contributed by atoms with Crippen molar-refractivity contribution in [1.82, 2.24) is 14.9 Å². The van der Waals surface area contributed by atoms with E-state index >= 15 is 0 Å². The quantitative estimate of drug-likeness (QED) is 0.663. The molecule has 7 heteroatoms. The fraction of sp³-hybridized carbons (Fsp3) is 0.500. The summed E-state index contributed by atoms with van der Waals surface area (Å²) in [6.45, 7) is 2.04. The first kappa shape index (κ1) is 17.7. The topological polar surface area (TPSA) is 67.3 Å². The number of esters is 1. The van der Waals surface area contributed by atoms with Gasteiger partial charge in [-0.25, -0.2) is 9.97 Å². The SMILES string of the molecule is COC(=O)C1CC2CC3CN(Cc4ccc5c(c4)Nc4nccnc4S5)C(C2)C31. The molecule has 5 aliphatic rings. The van der Waals surface area contributed by atoms with Crippen LogP contribution in [-0.2, 0) is 16.1 Å². The molecule has 6 nitrogen and oxygen atoms in total. The molecule has 1 N–H and O–H groups in total. The molecule has 4 bridgehead atoms. The van der Waals surface area contributed by atoms with Crippen molar-refractivity contribution in [2.75, 3.05) is 19.0 Å². The average molecular weight is 409 g/mol. The van der Waals surface area contributed by atoms with Crippen LogP contribution in [-0.4, -0.2) is 40.5 Å². The minimum Gasteiger partial charge on any atom is -0.469 e. The summed E-state index contributed by atoms with van der Waals surface area (Å²) in [6, 6.07) is 7.18. The van der Waals surface area contributed by atoms with Gasteiger partial charge in [-0.15, -0.1) is 0 Å². The number of fused-ring (bicyclic) bond motifs is 3. The van der Waals surface area contributed by atoms with Crippen molar-refractivity contribution in [1.29, 1.82) is 0 Å². The number of methoxy groups -OCH3 is 1. The zero-order valence-corrected chi connectivity index (χ0v) is 17.2. The molecule has 5 atom stereocenters. The molecule has 3 heterocycles. The number of rotatable bonds is 3. The van der Waals surface area contributed by atoms with Crippen LogP contribution in [0.25, 0.3) is 0 Å². The van der Waals surface area contributed by atoms with Crippen molar-refractivity contribution in [3.05, 3.63) is 36.2 Å². The van der Waals surface area contributed by atoms with Crippen molar-refractivity contribution < 1.29 is 9.53 Å². The lowest BCUT2D eigenvalue weighted by Gasteiger charge is -2.46. The highest BCUT2D eigenvalue weighted by atomic mass is 32.2. The first-order valence-electron chi connectivity index (χ1n) is 10.4. The van der Waals surface area contributed by atoms with Gasteiger partial charge in [-0.3, -0.25) is 9.69 Å². The maximum Gasteiger partial charge on any atom is 0.309 e. The van der Waals surface area contributed by atoms with E-state index in [1.165, 1.54) is 30.4 Å². The summed E-state index contributed by atoms with van der Waals surface area (Å²) >= 11 is 1.66. The Balaban J connectivity index is 1.22. The number of ether oxygens (including phenoxy) is 1. The molecule has 4 fully saturated rings. The van der Waals surface area contributed by atoms with Gasteiger partial charge in [0.05, 0.1) is 18.7 Å². The lowest BCUT2D eigenvalue weighted by atomic mass is 9.59. The average Bonchev–Trinajstić information content (AvgIpc) is 3.01. The highest BCUT2D eigenvalue weighted by Gasteiger charge is 2.56. The second-order valence-electron chi connectivity index (χ2n) is 8.80. The number of nitrogens with one attached hydrogen (secondary N) is 1. The van der Waals surface area contributed by atoms with Gasteiger partial charge in [0.2, 0.25) is 0 Å². The molecule has 0 spiro atoms. The van der Waals surface area contributed by atoms with E-state index in [2.05, 4.69) is 38.4 Å². The van der Waals surface area contributed by atoms with Crippen LogP contribution in [0.4, 0.5) is 11.5 Å². The lowest BCUT2D eigenvalue weighted by molar-refractivity contribution is -0.153. The molecule has 0 amide bonds. The number of likely N-dealkylation sites (tertiary alicyclic amines) is 1. The first-order chi connectivity index (χ1) is 14.2. The van der Waals surface area contributed by atoms with E-state index in [0.717, 1.165) is 36.0 Å². The van der Waals surface area contributed by atoms with E-state index in [0.29, 0.717) is 23.8 Å². The molecule has 1 aromatic heterocycles. The Labute approximate surface area is 174 Å². The van der Waals surface area contributed by atoms with Gasteiger partial charge in [0, 0.05) is 36.4 Å². The summed E-state index contributed by atoms with van der Waals surface area (Å²) in [5.74, 6) is 2.74. The maximum absolute atomic E-state index is 12.3. The zero-order chi connectivity index (χ0) is 19.5. The fourth-order valence-electron chi connectivity index (χ4n) is 6.23. The molecular formula is C22H24N4O2S. The summed E-state index contributed by atoms with van der Waals surface area (Å²) < 4.78 is 5.13. The number of hydrogen-bond acceptors (Lipinski definition) is 7. The predicted octanol–water partition coefficient (Wildman–Crippen LogP) is 3.70. The van der Waals surface area contributed by atoms with Crippen molar-refractivity contribution in [3.8, 4) is 0 Å². The van der Waals surface area contributed by atoms with E-state index in [1.807, 2.05) is 0 Å². The van der Waals surface area contributed by atoms with Crippen molar-refractivity contribution in [3.63, 3.8) is 0 Å². The number of carbonyl (C=O) groups excluding carboxylic acids is 1. The minimum atomic E-state index is 0.00558. The molecule has 2 aromatic rings. The van der Waals surface area contributed by atoms with Gasteiger partial charge in [-0.1, -0.05) is 17.8 Å². The van der Waals surface area contributed by atoms with Crippen molar-refractivity contribution >= 4 is 29.2 Å². The monoisotopic (exact) mass is 408 g/mol. The van der Waals surface area contributed by atoms with Crippen LogP contribution in [0.2, 0.25) is 0 Å². The number of nitrogens with zero attached hydrogens (tertiary/aromatic N) is 3. The summed E-state index contributed by atoms with van der Waals surface area (Å²) in [6.07, 6.45) is 6.99. The van der Waals surface area contributed by atoms with Crippen LogP contribution in [0.15, 0.2) is 40.5 Å². The fourth-order valence-corrected chi connectivity index (χ4v) is 7.10. The molecule has 1 saturated heterocycles. The Morgan fingerprint density at radius 3 is 3.07 bits per heavy atom. The third-order valence-electron chi connectivity index (χ3n) is 7.25. The summed E-state index contributed by atoms with van der Waals surface area (Å²) in [5.41, 5.74) is 2.42. The van der Waals surface area contributed by atoms with E-state index in [9.17, 15) is 4.79 Å². The highest BCUT2D eigenvalue weighted by molar-refractivity contribution is 7.99. The largest absolute Gasteiger partial charge is 0.469 e. The van der Waals surface area contributed by atoms with Gasteiger partial charge >= 0.3 is 5.97 Å². The smallest absolute Gasteiger partial charge is 0.309 e. The summed E-state index contributed by atoms with van der Waals surface area (Å²) in [5, 5.41) is 4.36. The van der Waals surface area contributed by atoms with Crippen LogP contribution < -0.4 is 5.32 Å². The van der Waals surface area contributed by atoms with Crippen LogP contribution in [0.1, 0.15) is 24.8 Å². The highest BCUT2D eigenvalue weighted by Crippen LogP contribution is 2.55. The molecule has 1 aromatic carbocycles. The van der Waals surface area contributed by atoms with E-state index < -0.39 is 0 Å². The Morgan fingerprint density at radius 1 is 1.28 bits per heavy atom. The molecule has 3 aliphatic carbocycles. The van der Waals surface area contributed by atoms with Crippen LogP contribution >= 0.6 is 11.8 Å². The molecule has 2 aliphatic heterocycles. The summed E-state index contributed by atoms with van der Waals surface area (Å²) in [4.78, 5) is 25.0. The van der Waals surface area contributed by atoms with E-state index in [-0.39, 0.29) is 11.9 Å². The van der Waals surface area contributed by atoms with Gasteiger partial charge in [0.1, 0.15) is 5.03 Å². The zero-order valence-electron chi connectivity index (χ0n) is 16.4. The maximum atomic E-state index is 12.3. The standard InChI is InChI=1S/C22H24N4O2S/c1-28-22(27)15-7-13-6-14-11-26(17(9-13)19(14)15)10-12-2-3-18-16(8-12)25-20-21(29-18)24-5-4-23-20/h2-5,8,13-15,17,19H,6-7,9-11H2,1H3,(H,23,25). The third kappa shape index (κ3) is 2.86. The van der Waals surface area contributed by atoms with Crippen molar-refractivity contribution in [2.24, 2.45) is 23.7 Å². The number of benzene rings is 1. The minimum absolute atomic E-state index is 0.00558. The molecule has 150 valence electrons. The van der Waals surface area contributed by atoms with Crippen LogP contribution in [0, 0.1) is 23.7 Å². The van der Waals surface area contributed by atoms with E-state index in [4.69, 9.17) is 4.74 Å². The Morgan fingerprint density at radius 2 is 2.17 bits per heavy atom. The second-order valence-corrected chi connectivity index (χ2v) is 9.84. The van der Waals surface area contributed by atoms with Gasteiger partial charge in [0.15, 0.2) is 5.82 Å². The molecular weight excluding hydrogens is 384 g/mol. The molecule has 0 radical (unpaired) electrons. The van der Waals surface area contributed by atoms with Crippen LogP contribution in [0.3, 0.4) is 0 Å². The van der Waals surface area contributed by atoms with Gasteiger partial charge in [-0.05, 0) is 54.7 Å². The summed E-state index contributed by atoms with van der Waals surface area (Å²) in [7, 11) is 1.53. The number of aromatic nitrogens is 2. The first-order valence-corrected chi connectivity index (χ1v) is 11.2. The molecule has 7 rings (SSSR count). The molecule has 29 heavy (non-hydrogen) atoms. The van der Waals surface area contributed by atoms with Gasteiger partial charge in [0.25, 0.3) is 0 Å². The predicted molar refractivity (Wildman–Crippen MR) is 110 cm³/mol. The Bertz CT molecular complexity index is 983. The van der Waals surface area contributed by atoms with E-state index in [1.54, 1.807) is 24.2 Å². The Kier molecular flexibility index (Phi) is 4.10. The molecule has 5 unspecified atom stereocenters. The van der Waals surface area contributed by atoms with Crippen LogP contribution in [0.5, 0.6) is 0 Å². The third-order valence-corrected chi connectivity index (χ3v) is 8.32. The number of carbonyl (C=O) groups is 1. The van der Waals surface area contributed by atoms with Gasteiger partial charge in [-0.2, -0.15) is 0 Å². The normalized spacial score (nSPS) is 31.7. The number of hydrogen-bond donors (Lipinski definition) is 1. The van der Waals surface area contributed by atoms with Crippen molar-refractivity contribution in [2.45, 2.75) is 41.8 Å².